The molecule has 7 heteroatoms. The molecule has 29 heavy (non-hydrogen) atoms. The molecule has 0 atom stereocenters. The number of morpholine rings is 1. The molecule has 0 unspecified atom stereocenters. The molecule has 2 aromatic carbocycles. The topological polar surface area (TPSA) is 79.3 Å². The fraction of sp³-hybridized carbons (Fsp3) is 0.364. The summed E-state index contributed by atoms with van der Waals surface area (Å²) in [7, 11) is 0. The van der Waals surface area contributed by atoms with Crippen molar-refractivity contribution in [2.24, 2.45) is 0 Å². The number of carbonyl (C=O) groups is 2. The van der Waals surface area contributed by atoms with Crippen LogP contribution in [0, 0.1) is 0 Å². The molecule has 4 rings (SSSR count). The molecule has 1 spiro atoms. The Balaban J connectivity index is 1.33. The summed E-state index contributed by atoms with van der Waals surface area (Å²) in [6.45, 7) is 1.96. The molecule has 0 aromatic heterocycles. The van der Waals surface area contributed by atoms with Gasteiger partial charge in [-0.05, 0) is 42.7 Å². The SMILES string of the molecule is O=C(O)N1CC2(CCN(c3ccc(OCc4ccccc4)cc3)CC2)OCC1=O. The number of hydrogen-bond donors (Lipinski definition) is 1. The average Bonchev–Trinajstić information content (AvgIpc) is 2.76. The molecule has 0 aliphatic carbocycles. The lowest BCUT2D eigenvalue weighted by Crippen LogP contribution is -2.59. The van der Waals surface area contributed by atoms with E-state index < -0.39 is 17.6 Å². The van der Waals surface area contributed by atoms with Gasteiger partial charge in [0.05, 0.1) is 12.1 Å². The highest BCUT2D eigenvalue weighted by Gasteiger charge is 2.44. The quantitative estimate of drug-likeness (QED) is 0.855. The first kappa shape index (κ1) is 19.3. The first-order valence-corrected chi connectivity index (χ1v) is 9.74. The van der Waals surface area contributed by atoms with Gasteiger partial charge in [0, 0.05) is 18.8 Å². The summed E-state index contributed by atoms with van der Waals surface area (Å²) in [4.78, 5) is 26.1. The second-order valence-corrected chi connectivity index (χ2v) is 7.49. The molecular formula is C22H24N2O5. The highest BCUT2D eigenvalue weighted by molar-refractivity contribution is 5.92. The smallest absolute Gasteiger partial charge is 0.414 e. The first-order valence-electron chi connectivity index (χ1n) is 9.74. The van der Waals surface area contributed by atoms with Crippen LogP contribution in [0.1, 0.15) is 18.4 Å². The van der Waals surface area contributed by atoms with Gasteiger partial charge >= 0.3 is 6.09 Å². The molecule has 0 bridgehead atoms. The van der Waals surface area contributed by atoms with E-state index in [1.165, 1.54) is 0 Å². The van der Waals surface area contributed by atoms with Crippen LogP contribution in [0.25, 0.3) is 0 Å². The average molecular weight is 396 g/mol. The Morgan fingerprint density at radius 2 is 1.76 bits per heavy atom. The van der Waals surface area contributed by atoms with Crippen LogP contribution in [0.4, 0.5) is 10.5 Å². The van der Waals surface area contributed by atoms with Crippen molar-refractivity contribution in [1.29, 1.82) is 0 Å². The Morgan fingerprint density at radius 1 is 1.07 bits per heavy atom. The van der Waals surface area contributed by atoms with Crippen LogP contribution in [0.5, 0.6) is 5.75 Å². The van der Waals surface area contributed by atoms with E-state index in [4.69, 9.17) is 9.47 Å². The normalized spacial score (nSPS) is 18.7. The van der Waals surface area contributed by atoms with E-state index >= 15 is 0 Å². The minimum absolute atomic E-state index is 0.112. The van der Waals surface area contributed by atoms with Gasteiger partial charge in [-0.1, -0.05) is 30.3 Å². The maximum Gasteiger partial charge on any atom is 0.414 e. The fourth-order valence-corrected chi connectivity index (χ4v) is 3.86. The van der Waals surface area contributed by atoms with Gasteiger partial charge in [0.15, 0.2) is 0 Å². The molecule has 2 aliphatic heterocycles. The maximum absolute atomic E-state index is 11.7. The van der Waals surface area contributed by atoms with Gasteiger partial charge in [-0.2, -0.15) is 0 Å². The van der Waals surface area contributed by atoms with E-state index in [2.05, 4.69) is 4.90 Å². The third-order valence-electron chi connectivity index (χ3n) is 5.60. The van der Waals surface area contributed by atoms with Crippen LogP contribution in [0.2, 0.25) is 0 Å². The van der Waals surface area contributed by atoms with E-state index in [0.29, 0.717) is 19.4 Å². The van der Waals surface area contributed by atoms with Gasteiger partial charge in [0.1, 0.15) is 19.0 Å². The largest absolute Gasteiger partial charge is 0.489 e. The number of carboxylic acid groups (broad SMARTS) is 1. The number of hydrogen-bond acceptors (Lipinski definition) is 5. The molecule has 2 aliphatic rings. The minimum atomic E-state index is -1.20. The van der Waals surface area contributed by atoms with Gasteiger partial charge in [-0.25, -0.2) is 9.69 Å². The van der Waals surface area contributed by atoms with Crippen LogP contribution < -0.4 is 9.64 Å². The molecule has 1 N–H and O–H groups in total. The molecule has 0 saturated carbocycles. The minimum Gasteiger partial charge on any atom is -0.489 e. The van der Waals surface area contributed by atoms with E-state index in [1.54, 1.807) is 0 Å². The number of amides is 2. The van der Waals surface area contributed by atoms with E-state index in [9.17, 15) is 14.7 Å². The predicted molar refractivity (Wildman–Crippen MR) is 107 cm³/mol. The molecule has 0 radical (unpaired) electrons. The number of imide groups is 1. The Hall–Kier alpha value is -3.06. The van der Waals surface area contributed by atoms with Crippen LogP contribution in [-0.4, -0.2) is 53.8 Å². The molecule has 2 aromatic rings. The Morgan fingerprint density at radius 3 is 2.41 bits per heavy atom. The summed E-state index contributed by atoms with van der Waals surface area (Å²) >= 11 is 0. The lowest BCUT2D eigenvalue weighted by Gasteiger charge is -2.46. The lowest BCUT2D eigenvalue weighted by atomic mass is 9.89. The Bertz CT molecular complexity index is 861. The van der Waals surface area contributed by atoms with E-state index in [1.807, 2.05) is 54.6 Å². The van der Waals surface area contributed by atoms with Crippen LogP contribution in [0.15, 0.2) is 54.6 Å². The summed E-state index contributed by atoms with van der Waals surface area (Å²) in [6, 6.07) is 18.0. The highest BCUT2D eigenvalue weighted by Crippen LogP contribution is 2.33. The predicted octanol–water partition coefficient (Wildman–Crippen LogP) is 3.14. The molecular weight excluding hydrogens is 372 g/mol. The lowest BCUT2D eigenvalue weighted by molar-refractivity contribution is -0.162. The monoisotopic (exact) mass is 396 g/mol. The van der Waals surface area contributed by atoms with Crippen molar-refractivity contribution < 1.29 is 24.2 Å². The van der Waals surface area contributed by atoms with Crippen molar-refractivity contribution in [2.45, 2.75) is 25.0 Å². The standard InChI is InChI=1S/C22H24N2O5/c25-20-15-29-22(16-24(20)21(26)27)10-12-23(13-11-22)18-6-8-19(9-7-18)28-14-17-4-2-1-3-5-17/h1-9H,10-16H2,(H,26,27). The van der Waals surface area contributed by atoms with Crippen molar-refractivity contribution in [3.8, 4) is 5.75 Å². The van der Waals surface area contributed by atoms with Gasteiger partial charge in [0.25, 0.3) is 5.91 Å². The van der Waals surface area contributed by atoms with Gasteiger partial charge in [-0.15, -0.1) is 0 Å². The number of anilines is 1. The van der Waals surface area contributed by atoms with Crippen molar-refractivity contribution >= 4 is 17.7 Å². The van der Waals surface area contributed by atoms with Crippen LogP contribution >= 0.6 is 0 Å². The molecule has 2 saturated heterocycles. The van der Waals surface area contributed by atoms with E-state index in [-0.39, 0.29) is 13.2 Å². The third kappa shape index (κ3) is 4.35. The summed E-state index contributed by atoms with van der Waals surface area (Å²) < 4.78 is 11.6. The maximum atomic E-state index is 11.7. The van der Waals surface area contributed by atoms with Crippen molar-refractivity contribution in [1.82, 2.24) is 4.90 Å². The van der Waals surface area contributed by atoms with E-state index in [0.717, 1.165) is 35.0 Å². The van der Waals surface area contributed by atoms with Gasteiger partial charge < -0.3 is 19.5 Å². The number of ether oxygens (including phenoxy) is 2. The van der Waals surface area contributed by atoms with Gasteiger partial charge in [0.2, 0.25) is 0 Å². The highest BCUT2D eigenvalue weighted by atomic mass is 16.5. The number of nitrogens with zero attached hydrogens (tertiary/aromatic N) is 2. The number of benzene rings is 2. The van der Waals surface area contributed by atoms with Crippen LogP contribution in [0.3, 0.4) is 0 Å². The zero-order valence-corrected chi connectivity index (χ0v) is 16.1. The number of carbonyl (C=O) groups excluding carboxylic acids is 1. The molecule has 2 fully saturated rings. The molecule has 152 valence electrons. The summed E-state index contributed by atoms with van der Waals surface area (Å²) in [5.41, 5.74) is 1.65. The summed E-state index contributed by atoms with van der Waals surface area (Å²) in [5.74, 6) is 0.328. The van der Waals surface area contributed by atoms with Crippen molar-refractivity contribution in [2.75, 3.05) is 31.1 Å². The Labute approximate surface area is 169 Å². The number of rotatable bonds is 4. The van der Waals surface area contributed by atoms with Crippen molar-refractivity contribution in [3.05, 3.63) is 60.2 Å². The van der Waals surface area contributed by atoms with Gasteiger partial charge in [-0.3, -0.25) is 4.79 Å². The Kier molecular flexibility index (Phi) is 5.40. The second-order valence-electron chi connectivity index (χ2n) is 7.49. The summed E-state index contributed by atoms with van der Waals surface area (Å²) in [5, 5.41) is 9.22. The van der Waals surface area contributed by atoms with Crippen molar-refractivity contribution in [3.63, 3.8) is 0 Å². The molecule has 2 heterocycles. The second kappa shape index (κ2) is 8.13. The molecule has 7 nitrogen and oxygen atoms in total. The van der Waals surface area contributed by atoms with Crippen LogP contribution in [-0.2, 0) is 16.1 Å². The molecule has 2 amide bonds. The zero-order chi connectivity index (χ0) is 20.3. The zero-order valence-electron chi connectivity index (χ0n) is 16.1. The first-order chi connectivity index (χ1) is 14.0. The fourth-order valence-electron chi connectivity index (χ4n) is 3.86. The summed E-state index contributed by atoms with van der Waals surface area (Å²) in [6.07, 6.45) is 0.151. The third-order valence-corrected chi connectivity index (χ3v) is 5.60. The number of piperidine rings is 1.